The van der Waals surface area contributed by atoms with Gasteiger partial charge in [-0.05, 0) is 56.2 Å². The first-order chi connectivity index (χ1) is 15.7. The second kappa shape index (κ2) is 12.7. The number of anilines is 2. The second-order valence-electron chi connectivity index (χ2n) is 7.37. The molecular weight excluding hydrogens is 410 g/mol. The smallest absolute Gasteiger partial charge is 0.251 e. The summed E-state index contributed by atoms with van der Waals surface area (Å²) in [5, 5.41) is 8.80. The van der Waals surface area contributed by atoms with Crippen molar-refractivity contribution in [1.82, 2.24) is 5.32 Å². The van der Waals surface area contributed by atoms with E-state index in [1.165, 1.54) is 0 Å². The SMILES string of the molecule is CCOCCOc1ccccc1NCC(=O)Nc1ccc(C(=O)NCC2CCCO2)cc1. The number of amides is 2. The third kappa shape index (κ3) is 7.55. The molecule has 1 aliphatic rings. The number of ether oxygens (including phenoxy) is 3. The van der Waals surface area contributed by atoms with Gasteiger partial charge in [0.1, 0.15) is 12.4 Å². The van der Waals surface area contributed by atoms with E-state index in [0.29, 0.717) is 43.4 Å². The molecule has 1 aliphatic heterocycles. The average molecular weight is 442 g/mol. The molecule has 0 bridgehead atoms. The van der Waals surface area contributed by atoms with Crippen LogP contribution in [-0.2, 0) is 14.3 Å². The first-order valence-corrected chi connectivity index (χ1v) is 11.0. The van der Waals surface area contributed by atoms with Crippen LogP contribution in [0.25, 0.3) is 0 Å². The molecular formula is C24H31N3O5. The van der Waals surface area contributed by atoms with Crippen molar-refractivity contribution in [2.45, 2.75) is 25.9 Å². The summed E-state index contributed by atoms with van der Waals surface area (Å²) < 4.78 is 16.5. The number of hydrogen-bond acceptors (Lipinski definition) is 6. The molecule has 0 spiro atoms. The van der Waals surface area contributed by atoms with E-state index in [2.05, 4.69) is 16.0 Å². The zero-order valence-corrected chi connectivity index (χ0v) is 18.4. The van der Waals surface area contributed by atoms with Crippen molar-refractivity contribution in [3.63, 3.8) is 0 Å². The van der Waals surface area contributed by atoms with E-state index in [1.807, 2.05) is 31.2 Å². The van der Waals surface area contributed by atoms with Crippen LogP contribution in [0.5, 0.6) is 5.75 Å². The summed E-state index contributed by atoms with van der Waals surface area (Å²) in [4.78, 5) is 24.6. The number of carbonyl (C=O) groups is 2. The molecule has 3 N–H and O–H groups in total. The first kappa shape index (κ1) is 23.6. The molecule has 8 heteroatoms. The van der Waals surface area contributed by atoms with Crippen LogP contribution in [0.4, 0.5) is 11.4 Å². The Hall–Kier alpha value is -3.10. The maximum atomic E-state index is 12.3. The van der Waals surface area contributed by atoms with Crippen LogP contribution < -0.4 is 20.7 Å². The van der Waals surface area contributed by atoms with Crippen molar-refractivity contribution in [2.24, 2.45) is 0 Å². The van der Waals surface area contributed by atoms with Gasteiger partial charge in [0.05, 0.1) is 24.9 Å². The third-order valence-corrected chi connectivity index (χ3v) is 4.96. The van der Waals surface area contributed by atoms with Crippen LogP contribution in [0.15, 0.2) is 48.5 Å². The Bertz CT molecular complexity index is 866. The van der Waals surface area contributed by atoms with Gasteiger partial charge in [0.15, 0.2) is 0 Å². The lowest BCUT2D eigenvalue weighted by Crippen LogP contribution is -2.31. The number of hydrogen-bond donors (Lipinski definition) is 3. The standard InChI is InChI=1S/C24H31N3O5/c1-2-30-14-15-32-22-8-4-3-7-21(22)25-17-23(28)27-19-11-9-18(10-12-19)24(29)26-16-20-6-5-13-31-20/h3-4,7-12,20,25H,2,5-6,13-17H2,1H3,(H,26,29)(H,27,28). The van der Waals surface area contributed by atoms with Gasteiger partial charge in [0, 0.05) is 31.0 Å². The molecule has 3 rings (SSSR count). The lowest BCUT2D eigenvalue weighted by atomic mass is 10.2. The Morgan fingerprint density at radius 1 is 1.09 bits per heavy atom. The van der Waals surface area contributed by atoms with E-state index in [4.69, 9.17) is 14.2 Å². The minimum Gasteiger partial charge on any atom is -0.489 e. The molecule has 8 nitrogen and oxygen atoms in total. The van der Waals surface area contributed by atoms with E-state index in [-0.39, 0.29) is 24.5 Å². The minimum atomic E-state index is -0.204. The second-order valence-corrected chi connectivity index (χ2v) is 7.37. The van der Waals surface area contributed by atoms with Crippen molar-refractivity contribution in [1.29, 1.82) is 0 Å². The normalized spacial score (nSPS) is 15.2. The van der Waals surface area contributed by atoms with E-state index in [0.717, 1.165) is 25.1 Å². The van der Waals surface area contributed by atoms with E-state index in [9.17, 15) is 9.59 Å². The fraction of sp³-hybridized carbons (Fsp3) is 0.417. The van der Waals surface area contributed by atoms with Crippen LogP contribution in [-0.4, -0.2) is 57.4 Å². The molecule has 1 atom stereocenters. The summed E-state index contributed by atoms with van der Waals surface area (Å²) >= 11 is 0. The summed E-state index contributed by atoms with van der Waals surface area (Å²) in [5.74, 6) is 0.309. The molecule has 2 aromatic carbocycles. The van der Waals surface area contributed by atoms with Gasteiger partial charge >= 0.3 is 0 Å². The molecule has 0 aromatic heterocycles. The predicted octanol–water partition coefficient (Wildman–Crippen LogP) is 3.06. The summed E-state index contributed by atoms with van der Waals surface area (Å²) in [6.45, 7) is 4.87. The summed E-state index contributed by atoms with van der Waals surface area (Å²) in [7, 11) is 0. The van der Waals surface area contributed by atoms with E-state index >= 15 is 0 Å². The van der Waals surface area contributed by atoms with Crippen molar-refractivity contribution in [3.8, 4) is 5.75 Å². The molecule has 2 aromatic rings. The van der Waals surface area contributed by atoms with Gasteiger partial charge in [-0.15, -0.1) is 0 Å². The molecule has 0 radical (unpaired) electrons. The quantitative estimate of drug-likeness (QED) is 0.438. The average Bonchev–Trinajstić information content (AvgIpc) is 3.34. The van der Waals surface area contributed by atoms with Crippen LogP contribution in [0.3, 0.4) is 0 Å². The van der Waals surface area contributed by atoms with Gasteiger partial charge in [-0.1, -0.05) is 12.1 Å². The fourth-order valence-electron chi connectivity index (χ4n) is 3.29. The molecule has 0 saturated carbocycles. The van der Waals surface area contributed by atoms with Crippen LogP contribution in [0.2, 0.25) is 0 Å². The highest BCUT2D eigenvalue weighted by Gasteiger charge is 2.16. The monoisotopic (exact) mass is 441 g/mol. The van der Waals surface area contributed by atoms with E-state index < -0.39 is 0 Å². The summed E-state index contributed by atoms with van der Waals surface area (Å²) in [5.41, 5.74) is 1.89. The zero-order chi connectivity index (χ0) is 22.6. The third-order valence-electron chi connectivity index (χ3n) is 4.96. The highest BCUT2D eigenvalue weighted by Crippen LogP contribution is 2.23. The Balaban J connectivity index is 1.43. The van der Waals surface area contributed by atoms with Gasteiger partial charge in [0.2, 0.25) is 5.91 Å². The molecule has 1 unspecified atom stereocenters. The Kier molecular flexibility index (Phi) is 9.34. The van der Waals surface area contributed by atoms with Crippen LogP contribution in [0, 0.1) is 0 Å². The number of carbonyl (C=O) groups excluding carboxylic acids is 2. The van der Waals surface area contributed by atoms with Gasteiger partial charge in [-0.25, -0.2) is 0 Å². The number of rotatable bonds is 12. The topological polar surface area (TPSA) is 97.9 Å². The predicted molar refractivity (Wildman–Crippen MR) is 123 cm³/mol. The lowest BCUT2D eigenvalue weighted by molar-refractivity contribution is -0.114. The van der Waals surface area contributed by atoms with Crippen molar-refractivity contribution in [3.05, 3.63) is 54.1 Å². The van der Waals surface area contributed by atoms with Crippen molar-refractivity contribution in [2.75, 3.05) is 50.2 Å². The molecule has 172 valence electrons. The van der Waals surface area contributed by atoms with Gasteiger partial charge < -0.3 is 30.2 Å². The van der Waals surface area contributed by atoms with Crippen molar-refractivity contribution >= 4 is 23.2 Å². The maximum Gasteiger partial charge on any atom is 0.251 e. The van der Waals surface area contributed by atoms with Crippen molar-refractivity contribution < 1.29 is 23.8 Å². The summed E-state index contributed by atoms with van der Waals surface area (Å²) in [6, 6.07) is 14.2. The summed E-state index contributed by atoms with van der Waals surface area (Å²) in [6.07, 6.45) is 2.12. The maximum absolute atomic E-state index is 12.3. The van der Waals surface area contributed by atoms with Gasteiger partial charge in [-0.2, -0.15) is 0 Å². The molecule has 0 aliphatic carbocycles. The van der Waals surface area contributed by atoms with Crippen LogP contribution in [0.1, 0.15) is 30.1 Å². The molecule has 32 heavy (non-hydrogen) atoms. The number of nitrogens with one attached hydrogen (secondary N) is 3. The Morgan fingerprint density at radius 3 is 2.66 bits per heavy atom. The molecule has 1 heterocycles. The molecule has 1 fully saturated rings. The highest BCUT2D eigenvalue weighted by atomic mass is 16.5. The highest BCUT2D eigenvalue weighted by molar-refractivity contribution is 5.96. The minimum absolute atomic E-state index is 0.0788. The number of para-hydroxylation sites is 2. The molecule has 1 saturated heterocycles. The van der Waals surface area contributed by atoms with Gasteiger partial charge in [0.25, 0.3) is 5.91 Å². The Labute approximate surface area is 188 Å². The fourth-order valence-corrected chi connectivity index (χ4v) is 3.29. The van der Waals surface area contributed by atoms with E-state index in [1.54, 1.807) is 24.3 Å². The molecule has 2 amide bonds. The largest absolute Gasteiger partial charge is 0.489 e. The zero-order valence-electron chi connectivity index (χ0n) is 18.4. The van der Waals surface area contributed by atoms with Gasteiger partial charge in [-0.3, -0.25) is 9.59 Å². The first-order valence-electron chi connectivity index (χ1n) is 11.0. The number of benzene rings is 2. The van der Waals surface area contributed by atoms with Crippen LogP contribution >= 0.6 is 0 Å². The Morgan fingerprint density at radius 2 is 1.91 bits per heavy atom. The lowest BCUT2D eigenvalue weighted by Gasteiger charge is -2.13.